The van der Waals surface area contributed by atoms with Crippen molar-refractivity contribution in [3.8, 4) is 6.07 Å². The molecule has 0 bridgehead atoms. The number of benzene rings is 1. The van der Waals surface area contributed by atoms with Gasteiger partial charge in [0.1, 0.15) is 33.7 Å². The van der Waals surface area contributed by atoms with Gasteiger partial charge in [-0.2, -0.15) is 5.26 Å². The Morgan fingerprint density at radius 3 is 2.73 bits per heavy atom. The van der Waals surface area contributed by atoms with E-state index in [9.17, 15) is 9.00 Å². The molecule has 0 fully saturated rings. The average Bonchev–Trinajstić information content (AvgIpc) is 3.18. The Kier molecular flexibility index (Phi) is 5.28. The summed E-state index contributed by atoms with van der Waals surface area (Å²) in [6.45, 7) is 7.32. The number of hydrogen-bond donors (Lipinski definition) is 2. The molecule has 2 aliphatic rings. The SMILES string of the molecule is Cc1cc(C#N)cnc1C(=O)Nc1ccc(F)c([C@@]2(C)N=C(N)C(C)(C)S3(=O)=NCCC23)c1. The van der Waals surface area contributed by atoms with E-state index >= 15 is 4.39 Å². The monoisotopic (exact) mass is 468 g/mol. The predicted molar refractivity (Wildman–Crippen MR) is 125 cm³/mol. The smallest absolute Gasteiger partial charge is 0.274 e. The van der Waals surface area contributed by atoms with Crippen molar-refractivity contribution in [2.24, 2.45) is 15.1 Å². The van der Waals surface area contributed by atoms with E-state index in [0.29, 0.717) is 29.8 Å². The summed E-state index contributed by atoms with van der Waals surface area (Å²) in [5, 5.41) is 11.2. The lowest BCUT2D eigenvalue weighted by Gasteiger charge is -2.44. The molecule has 3 atom stereocenters. The Morgan fingerprint density at radius 1 is 1.33 bits per heavy atom. The molecule has 4 rings (SSSR count). The van der Waals surface area contributed by atoms with Gasteiger partial charge in [0.15, 0.2) is 0 Å². The number of carbonyl (C=O) groups is 1. The summed E-state index contributed by atoms with van der Waals surface area (Å²) in [6.07, 6.45) is 1.82. The molecule has 0 spiro atoms. The normalized spacial score (nSPS) is 27.6. The van der Waals surface area contributed by atoms with Crippen LogP contribution in [-0.4, -0.2) is 37.5 Å². The van der Waals surface area contributed by atoms with Crippen molar-refractivity contribution in [2.75, 3.05) is 11.9 Å². The first-order valence-electron chi connectivity index (χ1n) is 10.5. The first-order chi connectivity index (χ1) is 15.4. The Labute approximate surface area is 192 Å². The number of halogens is 1. The third-order valence-electron chi connectivity index (χ3n) is 6.58. The van der Waals surface area contributed by atoms with Crippen molar-refractivity contribution in [3.05, 3.63) is 58.7 Å². The van der Waals surface area contributed by atoms with Crippen molar-refractivity contribution in [2.45, 2.75) is 49.7 Å². The number of hydrogen-bond acceptors (Lipinski definition) is 7. The molecule has 2 unspecified atom stereocenters. The maximum Gasteiger partial charge on any atom is 0.274 e. The van der Waals surface area contributed by atoms with Crippen LogP contribution in [0, 0.1) is 24.1 Å². The molecule has 172 valence electrons. The number of aliphatic imine (C=N–C) groups is 1. The molecule has 1 aromatic heterocycles. The second kappa shape index (κ2) is 7.63. The van der Waals surface area contributed by atoms with Gasteiger partial charge in [0.05, 0.1) is 20.5 Å². The molecule has 8 nitrogen and oxygen atoms in total. The molecule has 2 aromatic rings. The van der Waals surface area contributed by atoms with E-state index in [1.54, 1.807) is 33.8 Å². The summed E-state index contributed by atoms with van der Waals surface area (Å²) in [6, 6.07) is 7.73. The van der Waals surface area contributed by atoms with Crippen molar-refractivity contribution in [1.29, 1.82) is 5.26 Å². The first-order valence-corrected chi connectivity index (χ1v) is 12.1. The molecule has 1 amide bonds. The van der Waals surface area contributed by atoms with Crippen molar-refractivity contribution < 1.29 is 13.4 Å². The first kappa shape index (κ1) is 22.9. The molecule has 0 aliphatic carbocycles. The highest BCUT2D eigenvalue weighted by molar-refractivity contribution is 7.96. The van der Waals surface area contributed by atoms with E-state index in [2.05, 4.69) is 19.7 Å². The number of rotatable bonds is 3. The number of nitrogens with zero attached hydrogens (tertiary/aromatic N) is 4. The Hall–Kier alpha value is -3.32. The van der Waals surface area contributed by atoms with Crippen molar-refractivity contribution in [1.82, 2.24) is 4.98 Å². The zero-order valence-corrected chi connectivity index (χ0v) is 19.7. The summed E-state index contributed by atoms with van der Waals surface area (Å²) in [4.78, 5) is 21.5. The number of aromatic nitrogens is 1. The second-order valence-corrected chi connectivity index (χ2v) is 12.0. The minimum atomic E-state index is -2.81. The van der Waals surface area contributed by atoms with Crippen LogP contribution in [0.15, 0.2) is 39.8 Å². The number of fused-ring (bicyclic) bond motifs is 1. The molecular weight excluding hydrogens is 443 g/mol. The number of anilines is 1. The highest BCUT2D eigenvalue weighted by Gasteiger charge is 2.56. The lowest BCUT2D eigenvalue weighted by atomic mass is 9.85. The van der Waals surface area contributed by atoms with E-state index in [1.165, 1.54) is 24.4 Å². The zero-order chi connectivity index (χ0) is 24.2. The van der Waals surface area contributed by atoms with Gasteiger partial charge in [0, 0.05) is 24.0 Å². The molecule has 3 N–H and O–H groups in total. The summed E-state index contributed by atoms with van der Waals surface area (Å²) >= 11 is 0. The van der Waals surface area contributed by atoms with E-state index in [0.717, 1.165) is 0 Å². The fourth-order valence-electron chi connectivity index (χ4n) is 4.56. The van der Waals surface area contributed by atoms with E-state index in [4.69, 9.17) is 11.0 Å². The number of carbonyl (C=O) groups excluding carboxylic acids is 1. The van der Waals surface area contributed by atoms with Gasteiger partial charge >= 0.3 is 0 Å². The molecule has 3 heterocycles. The predicted octanol–water partition coefficient (Wildman–Crippen LogP) is 3.26. The number of nitriles is 1. The highest BCUT2D eigenvalue weighted by atomic mass is 32.2. The number of aryl methyl sites for hydroxylation is 1. The molecule has 1 aromatic carbocycles. The Balaban J connectivity index is 1.75. The molecule has 2 aliphatic heterocycles. The number of nitrogens with two attached hydrogens (primary N) is 1. The third kappa shape index (κ3) is 3.38. The maximum atomic E-state index is 15.1. The quantitative estimate of drug-likeness (QED) is 0.713. The largest absolute Gasteiger partial charge is 0.386 e. The highest BCUT2D eigenvalue weighted by Crippen LogP contribution is 2.48. The van der Waals surface area contributed by atoms with Crippen LogP contribution in [0.2, 0.25) is 0 Å². The van der Waals surface area contributed by atoms with Crippen LogP contribution in [0.1, 0.15) is 54.4 Å². The zero-order valence-electron chi connectivity index (χ0n) is 18.8. The number of nitrogens with one attached hydrogen (secondary N) is 1. The van der Waals surface area contributed by atoms with Gasteiger partial charge < -0.3 is 11.1 Å². The second-order valence-electron chi connectivity index (χ2n) is 9.00. The summed E-state index contributed by atoms with van der Waals surface area (Å²) in [7, 11) is -2.81. The molecular formula is C23H25FN6O2S. The van der Waals surface area contributed by atoms with Crippen molar-refractivity contribution >= 4 is 27.2 Å². The van der Waals surface area contributed by atoms with Gasteiger partial charge in [-0.3, -0.25) is 9.79 Å². The standard InChI is InChI=1S/C23H25FN6O2S/c1-13-9-14(11-25)12-27-19(13)20(31)29-15-5-6-17(24)16(10-15)23(4)18-7-8-28-33(18,32)22(2,3)21(26)30-23/h5-6,9-10,12,18H,7-8H2,1-4H3,(H2,26,30)(H,29,31)/t18?,23-,33?/m1/s1. The average molecular weight is 469 g/mol. The fourth-order valence-corrected chi connectivity index (χ4v) is 7.72. The lowest BCUT2D eigenvalue weighted by Crippen LogP contribution is -2.58. The Morgan fingerprint density at radius 2 is 2.06 bits per heavy atom. The summed E-state index contributed by atoms with van der Waals surface area (Å²) in [5.41, 5.74) is 6.61. The minimum absolute atomic E-state index is 0.158. The van der Waals surface area contributed by atoms with E-state index in [1.807, 2.05) is 6.07 Å². The van der Waals surface area contributed by atoms with Gasteiger partial charge in [-0.25, -0.2) is 17.9 Å². The number of amidine groups is 1. The van der Waals surface area contributed by atoms with Crippen LogP contribution in [0.3, 0.4) is 0 Å². The maximum absolute atomic E-state index is 15.1. The van der Waals surface area contributed by atoms with Gasteiger partial charge in [0.25, 0.3) is 5.91 Å². The van der Waals surface area contributed by atoms with Gasteiger partial charge in [-0.1, -0.05) is 0 Å². The molecule has 0 saturated carbocycles. The van der Waals surface area contributed by atoms with Crippen LogP contribution in [0.25, 0.3) is 0 Å². The van der Waals surface area contributed by atoms with Gasteiger partial charge in [-0.15, -0.1) is 0 Å². The van der Waals surface area contributed by atoms with Gasteiger partial charge in [0.2, 0.25) is 0 Å². The number of pyridine rings is 1. The molecule has 0 radical (unpaired) electrons. The van der Waals surface area contributed by atoms with E-state index in [-0.39, 0.29) is 17.1 Å². The lowest BCUT2D eigenvalue weighted by molar-refractivity contribution is 0.102. The molecule has 10 heteroatoms. The Bertz CT molecular complexity index is 1370. The van der Waals surface area contributed by atoms with Crippen LogP contribution >= 0.6 is 0 Å². The number of amides is 1. The van der Waals surface area contributed by atoms with Crippen LogP contribution in [0.5, 0.6) is 0 Å². The van der Waals surface area contributed by atoms with E-state index < -0.39 is 37.0 Å². The third-order valence-corrected chi connectivity index (χ3v) is 10.3. The van der Waals surface area contributed by atoms with Crippen LogP contribution < -0.4 is 11.1 Å². The topological polar surface area (TPSA) is 134 Å². The van der Waals surface area contributed by atoms with Gasteiger partial charge in [-0.05, 0) is 63.9 Å². The van der Waals surface area contributed by atoms with Crippen LogP contribution in [0.4, 0.5) is 10.1 Å². The van der Waals surface area contributed by atoms with Crippen molar-refractivity contribution in [3.63, 3.8) is 0 Å². The summed E-state index contributed by atoms with van der Waals surface area (Å²) in [5.74, 6) is -0.858. The van der Waals surface area contributed by atoms with Crippen LogP contribution in [-0.2, 0) is 15.3 Å². The molecule has 0 saturated heterocycles. The summed E-state index contributed by atoms with van der Waals surface area (Å²) < 4.78 is 32.5. The fraction of sp³-hybridized carbons (Fsp3) is 0.391. The minimum Gasteiger partial charge on any atom is -0.386 e. The molecule has 33 heavy (non-hydrogen) atoms.